The SMILES string of the molecule is C[C@@H](N)c1ccc(N2CCN(CC(C)(C)O)CC2)c(Br)c1. The Morgan fingerprint density at radius 3 is 2.38 bits per heavy atom. The van der Waals surface area contributed by atoms with Gasteiger partial charge in [-0.1, -0.05) is 6.07 Å². The van der Waals surface area contributed by atoms with Crippen LogP contribution < -0.4 is 10.6 Å². The van der Waals surface area contributed by atoms with E-state index in [2.05, 4.69) is 43.9 Å². The smallest absolute Gasteiger partial charge is 0.0718 e. The fourth-order valence-corrected chi connectivity index (χ4v) is 3.40. The Labute approximate surface area is 136 Å². The van der Waals surface area contributed by atoms with Crippen LogP contribution in [0.3, 0.4) is 0 Å². The van der Waals surface area contributed by atoms with Gasteiger partial charge in [0.05, 0.1) is 11.3 Å². The normalized spacial score (nSPS) is 18.9. The zero-order valence-corrected chi connectivity index (χ0v) is 14.7. The number of β-amino-alcohol motifs (C(OH)–C–C–N with tert-alkyl or cyclic N) is 1. The Balaban J connectivity index is 1.99. The molecule has 0 bridgehead atoms. The van der Waals surface area contributed by atoms with Crippen LogP contribution in [0.15, 0.2) is 22.7 Å². The molecule has 0 radical (unpaired) electrons. The van der Waals surface area contributed by atoms with Crippen molar-refractivity contribution in [3.05, 3.63) is 28.2 Å². The highest BCUT2D eigenvalue weighted by Gasteiger charge is 2.23. The van der Waals surface area contributed by atoms with Gasteiger partial charge in [0, 0.05) is 43.2 Å². The number of aliphatic hydroxyl groups is 1. The van der Waals surface area contributed by atoms with Gasteiger partial charge in [-0.15, -0.1) is 0 Å². The molecular weight excluding hydrogens is 330 g/mol. The van der Waals surface area contributed by atoms with E-state index < -0.39 is 5.60 Å². The summed E-state index contributed by atoms with van der Waals surface area (Å²) in [6.07, 6.45) is 0. The van der Waals surface area contributed by atoms with Gasteiger partial charge in [0.2, 0.25) is 0 Å². The zero-order chi connectivity index (χ0) is 15.6. The Morgan fingerprint density at radius 2 is 1.90 bits per heavy atom. The molecule has 118 valence electrons. The maximum Gasteiger partial charge on any atom is 0.0718 e. The molecule has 1 fully saturated rings. The van der Waals surface area contributed by atoms with E-state index in [-0.39, 0.29) is 6.04 Å². The summed E-state index contributed by atoms with van der Waals surface area (Å²) in [5.41, 5.74) is 7.67. The summed E-state index contributed by atoms with van der Waals surface area (Å²) >= 11 is 3.66. The molecule has 1 atom stereocenters. The van der Waals surface area contributed by atoms with Crippen molar-refractivity contribution in [1.82, 2.24) is 4.90 Å². The second-order valence-corrected chi connectivity index (χ2v) is 7.43. The van der Waals surface area contributed by atoms with Crippen LogP contribution in [0.2, 0.25) is 0 Å². The third-order valence-corrected chi connectivity index (χ3v) is 4.46. The number of nitrogens with zero attached hydrogens (tertiary/aromatic N) is 2. The van der Waals surface area contributed by atoms with E-state index in [0.717, 1.165) is 42.8 Å². The van der Waals surface area contributed by atoms with Crippen molar-refractivity contribution in [1.29, 1.82) is 0 Å². The lowest BCUT2D eigenvalue weighted by molar-refractivity contribution is 0.0345. The Bertz CT molecular complexity index is 477. The highest BCUT2D eigenvalue weighted by atomic mass is 79.9. The summed E-state index contributed by atoms with van der Waals surface area (Å²) in [4.78, 5) is 4.71. The fourth-order valence-electron chi connectivity index (χ4n) is 2.76. The first kappa shape index (κ1) is 16.7. The summed E-state index contributed by atoms with van der Waals surface area (Å²) in [5, 5.41) is 9.90. The van der Waals surface area contributed by atoms with E-state index in [0.29, 0.717) is 0 Å². The molecule has 5 heteroatoms. The largest absolute Gasteiger partial charge is 0.389 e. The molecule has 0 aliphatic carbocycles. The van der Waals surface area contributed by atoms with Crippen LogP contribution in [-0.4, -0.2) is 48.3 Å². The van der Waals surface area contributed by atoms with Gasteiger partial charge in [0.15, 0.2) is 0 Å². The summed E-state index contributed by atoms with van der Waals surface area (Å²) in [5.74, 6) is 0. The summed E-state index contributed by atoms with van der Waals surface area (Å²) in [6, 6.07) is 6.42. The van der Waals surface area contributed by atoms with Crippen molar-refractivity contribution >= 4 is 21.6 Å². The quantitative estimate of drug-likeness (QED) is 0.870. The van der Waals surface area contributed by atoms with Crippen LogP contribution in [0.5, 0.6) is 0 Å². The molecule has 2 rings (SSSR count). The minimum absolute atomic E-state index is 0.0546. The van der Waals surface area contributed by atoms with Crippen LogP contribution in [0.25, 0.3) is 0 Å². The van der Waals surface area contributed by atoms with E-state index in [1.807, 2.05) is 20.8 Å². The fraction of sp³-hybridized carbons (Fsp3) is 0.625. The van der Waals surface area contributed by atoms with E-state index in [1.54, 1.807) is 0 Å². The van der Waals surface area contributed by atoms with Crippen molar-refractivity contribution in [2.24, 2.45) is 5.73 Å². The highest BCUT2D eigenvalue weighted by Crippen LogP contribution is 2.29. The van der Waals surface area contributed by atoms with Crippen molar-refractivity contribution in [3.8, 4) is 0 Å². The number of hydrogen-bond donors (Lipinski definition) is 2. The molecule has 0 spiro atoms. The van der Waals surface area contributed by atoms with Crippen molar-refractivity contribution in [3.63, 3.8) is 0 Å². The number of anilines is 1. The number of piperazine rings is 1. The molecule has 1 aromatic carbocycles. The van der Waals surface area contributed by atoms with Gasteiger partial charge in [-0.25, -0.2) is 0 Å². The molecule has 4 nitrogen and oxygen atoms in total. The molecule has 1 aliphatic heterocycles. The van der Waals surface area contributed by atoms with E-state index >= 15 is 0 Å². The van der Waals surface area contributed by atoms with Crippen molar-refractivity contribution in [2.45, 2.75) is 32.4 Å². The summed E-state index contributed by atoms with van der Waals surface area (Å²) < 4.78 is 1.10. The second-order valence-electron chi connectivity index (χ2n) is 6.58. The number of rotatable bonds is 4. The van der Waals surface area contributed by atoms with Gasteiger partial charge in [-0.05, 0) is 54.4 Å². The van der Waals surface area contributed by atoms with Gasteiger partial charge < -0.3 is 15.7 Å². The lowest BCUT2D eigenvalue weighted by atomic mass is 10.1. The van der Waals surface area contributed by atoms with Gasteiger partial charge in [0.1, 0.15) is 0 Å². The van der Waals surface area contributed by atoms with Crippen LogP contribution in [-0.2, 0) is 0 Å². The number of hydrogen-bond acceptors (Lipinski definition) is 4. The monoisotopic (exact) mass is 355 g/mol. The van der Waals surface area contributed by atoms with Gasteiger partial charge in [-0.2, -0.15) is 0 Å². The zero-order valence-electron chi connectivity index (χ0n) is 13.1. The first-order valence-electron chi connectivity index (χ1n) is 7.51. The van der Waals surface area contributed by atoms with E-state index in [1.165, 1.54) is 5.69 Å². The van der Waals surface area contributed by atoms with Crippen LogP contribution >= 0.6 is 15.9 Å². The highest BCUT2D eigenvalue weighted by molar-refractivity contribution is 9.10. The molecule has 0 saturated carbocycles. The third-order valence-electron chi connectivity index (χ3n) is 3.82. The first-order chi connectivity index (χ1) is 9.76. The lowest BCUT2D eigenvalue weighted by Crippen LogP contribution is -2.50. The first-order valence-corrected chi connectivity index (χ1v) is 8.30. The predicted octanol–water partition coefficient (Wildman–Crippen LogP) is 2.36. The maximum absolute atomic E-state index is 9.90. The molecule has 0 amide bonds. The predicted molar refractivity (Wildman–Crippen MR) is 91.7 cm³/mol. The summed E-state index contributed by atoms with van der Waals surface area (Å²) in [7, 11) is 0. The molecule has 21 heavy (non-hydrogen) atoms. The van der Waals surface area contributed by atoms with E-state index in [4.69, 9.17) is 5.73 Å². The molecule has 3 N–H and O–H groups in total. The topological polar surface area (TPSA) is 52.7 Å². The van der Waals surface area contributed by atoms with Crippen molar-refractivity contribution < 1.29 is 5.11 Å². The van der Waals surface area contributed by atoms with Crippen molar-refractivity contribution in [2.75, 3.05) is 37.6 Å². The maximum atomic E-state index is 9.90. The minimum atomic E-state index is -0.623. The minimum Gasteiger partial charge on any atom is -0.389 e. The molecule has 1 aliphatic rings. The molecule has 0 aromatic heterocycles. The second kappa shape index (κ2) is 6.65. The van der Waals surface area contributed by atoms with Gasteiger partial charge >= 0.3 is 0 Å². The molecule has 1 saturated heterocycles. The number of halogens is 1. The lowest BCUT2D eigenvalue weighted by Gasteiger charge is -2.38. The Hall–Kier alpha value is -0.620. The Kier molecular flexibility index (Phi) is 5.30. The molecular formula is C16H26BrN3O. The standard InChI is InChI=1S/C16H26BrN3O/c1-12(18)13-4-5-15(14(17)10-13)20-8-6-19(7-9-20)11-16(2,3)21/h4-5,10,12,21H,6-9,11,18H2,1-3H3/t12-/m1/s1. The number of benzene rings is 1. The van der Waals surface area contributed by atoms with Crippen LogP contribution in [0.4, 0.5) is 5.69 Å². The van der Waals surface area contributed by atoms with Gasteiger partial charge in [0.25, 0.3) is 0 Å². The third kappa shape index (κ3) is 4.68. The molecule has 1 aromatic rings. The van der Waals surface area contributed by atoms with Gasteiger partial charge in [-0.3, -0.25) is 4.90 Å². The average Bonchev–Trinajstić information content (AvgIpc) is 2.38. The molecule has 1 heterocycles. The molecule has 0 unspecified atom stereocenters. The average molecular weight is 356 g/mol. The Morgan fingerprint density at radius 1 is 1.29 bits per heavy atom. The summed E-state index contributed by atoms with van der Waals surface area (Å²) in [6.45, 7) is 10.4. The van der Waals surface area contributed by atoms with Crippen LogP contribution in [0, 0.1) is 0 Å². The number of nitrogens with two attached hydrogens (primary N) is 1. The van der Waals surface area contributed by atoms with E-state index in [9.17, 15) is 5.11 Å². The van der Waals surface area contributed by atoms with Crippen LogP contribution in [0.1, 0.15) is 32.4 Å².